The lowest BCUT2D eigenvalue weighted by Crippen LogP contribution is -2.36. The van der Waals surface area contributed by atoms with Gasteiger partial charge in [0.2, 0.25) is 11.8 Å². The molecule has 10 heteroatoms. The first-order chi connectivity index (χ1) is 14.2. The molecule has 0 aromatic heterocycles. The molecule has 0 fully saturated rings. The van der Waals surface area contributed by atoms with E-state index in [9.17, 15) is 19.2 Å². The van der Waals surface area contributed by atoms with Crippen LogP contribution in [0.3, 0.4) is 0 Å². The average molecular weight is 432 g/mol. The zero-order valence-corrected chi connectivity index (χ0v) is 17.2. The number of hydrogen-bond acceptors (Lipinski definition) is 4. The summed E-state index contributed by atoms with van der Waals surface area (Å²) in [5.74, 6) is -1.30. The Morgan fingerprint density at radius 2 is 1.77 bits per heavy atom. The molecule has 0 aliphatic carbocycles. The fourth-order valence-electron chi connectivity index (χ4n) is 2.38. The predicted molar refractivity (Wildman–Crippen MR) is 113 cm³/mol. The van der Waals surface area contributed by atoms with Gasteiger partial charge >= 0.3 is 6.03 Å². The van der Waals surface area contributed by atoms with Crippen molar-refractivity contribution in [2.45, 2.75) is 6.54 Å². The Bertz CT molecular complexity index is 977. The zero-order valence-electron chi connectivity index (χ0n) is 16.5. The van der Waals surface area contributed by atoms with E-state index in [4.69, 9.17) is 17.3 Å². The molecule has 0 heterocycles. The quantitative estimate of drug-likeness (QED) is 0.529. The van der Waals surface area contributed by atoms with Crippen LogP contribution in [-0.4, -0.2) is 49.3 Å². The number of anilines is 1. The van der Waals surface area contributed by atoms with Gasteiger partial charge in [0, 0.05) is 31.9 Å². The van der Waals surface area contributed by atoms with E-state index in [-0.39, 0.29) is 29.6 Å². The first-order valence-electron chi connectivity index (χ1n) is 8.89. The Morgan fingerprint density at radius 3 is 2.40 bits per heavy atom. The molecule has 30 heavy (non-hydrogen) atoms. The van der Waals surface area contributed by atoms with Crippen LogP contribution in [0.15, 0.2) is 42.5 Å². The largest absolute Gasteiger partial charge is 0.366 e. The molecule has 0 aliphatic heterocycles. The minimum absolute atomic E-state index is 0.122. The van der Waals surface area contributed by atoms with Crippen molar-refractivity contribution in [3.05, 3.63) is 64.2 Å². The summed E-state index contributed by atoms with van der Waals surface area (Å²) in [5, 5.41) is 7.86. The molecule has 2 aromatic carbocycles. The maximum absolute atomic E-state index is 12.2. The number of amides is 5. The van der Waals surface area contributed by atoms with Crippen molar-refractivity contribution in [3.63, 3.8) is 0 Å². The van der Waals surface area contributed by atoms with Crippen LogP contribution in [0.5, 0.6) is 0 Å². The topological polar surface area (TPSA) is 134 Å². The Morgan fingerprint density at radius 1 is 1.03 bits per heavy atom. The molecule has 0 unspecified atom stereocenters. The number of nitrogens with two attached hydrogens (primary N) is 1. The summed E-state index contributed by atoms with van der Waals surface area (Å²) in [6.45, 7) is 0.0304. The molecule has 5 N–H and O–H groups in total. The molecule has 0 atom stereocenters. The lowest BCUT2D eigenvalue weighted by atomic mass is 10.1. The van der Waals surface area contributed by atoms with E-state index in [2.05, 4.69) is 16.0 Å². The van der Waals surface area contributed by atoms with Crippen molar-refractivity contribution in [2.24, 2.45) is 5.73 Å². The van der Waals surface area contributed by atoms with E-state index in [0.717, 1.165) is 0 Å². The Hall–Kier alpha value is -3.59. The van der Waals surface area contributed by atoms with Crippen molar-refractivity contribution >= 4 is 41.0 Å². The van der Waals surface area contributed by atoms with Gasteiger partial charge in [0.15, 0.2) is 0 Å². The third-order valence-corrected chi connectivity index (χ3v) is 4.35. The van der Waals surface area contributed by atoms with Crippen molar-refractivity contribution in [2.75, 3.05) is 26.0 Å². The van der Waals surface area contributed by atoms with Gasteiger partial charge in [-0.1, -0.05) is 23.7 Å². The van der Waals surface area contributed by atoms with Crippen molar-refractivity contribution in [1.29, 1.82) is 0 Å². The standard InChI is InChI=1S/C20H22ClN5O4/c1-26(2)17(27)11-23-19(29)15-7-6-14(9-16(15)21)25-20(30)24-10-12-4-3-5-13(8-12)18(22)28/h3-9H,10-11H2,1-2H3,(H2,22,28)(H,23,29)(H2,24,25,30). The SMILES string of the molecule is CN(C)C(=O)CNC(=O)c1ccc(NC(=O)NCc2cccc(C(N)=O)c2)cc1Cl. The highest BCUT2D eigenvalue weighted by Crippen LogP contribution is 2.21. The molecule has 158 valence electrons. The highest BCUT2D eigenvalue weighted by Gasteiger charge is 2.14. The fraction of sp³-hybridized carbons (Fsp3) is 0.200. The van der Waals surface area contributed by atoms with E-state index < -0.39 is 17.8 Å². The number of halogens is 1. The van der Waals surface area contributed by atoms with Crippen LogP contribution in [0.25, 0.3) is 0 Å². The molecule has 2 rings (SSSR count). The minimum Gasteiger partial charge on any atom is -0.366 e. The normalized spacial score (nSPS) is 10.1. The highest BCUT2D eigenvalue weighted by molar-refractivity contribution is 6.34. The van der Waals surface area contributed by atoms with Crippen LogP contribution in [0.4, 0.5) is 10.5 Å². The van der Waals surface area contributed by atoms with Gasteiger partial charge in [-0.3, -0.25) is 14.4 Å². The van der Waals surface area contributed by atoms with Crippen LogP contribution in [0.1, 0.15) is 26.3 Å². The highest BCUT2D eigenvalue weighted by atomic mass is 35.5. The zero-order chi connectivity index (χ0) is 22.3. The lowest BCUT2D eigenvalue weighted by Gasteiger charge is -2.12. The van der Waals surface area contributed by atoms with E-state index in [1.165, 1.54) is 23.1 Å². The summed E-state index contributed by atoms with van der Waals surface area (Å²) >= 11 is 6.13. The number of primary amides is 1. The second-order valence-electron chi connectivity index (χ2n) is 6.54. The van der Waals surface area contributed by atoms with Gasteiger partial charge in [0.05, 0.1) is 17.1 Å². The summed E-state index contributed by atoms with van der Waals surface area (Å²) < 4.78 is 0. The van der Waals surface area contributed by atoms with Crippen LogP contribution < -0.4 is 21.7 Å². The molecule has 0 radical (unpaired) electrons. The number of carbonyl (C=O) groups is 4. The third-order valence-electron chi connectivity index (χ3n) is 4.04. The van der Waals surface area contributed by atoms with Crippen LogP contribution >= 0.6 is 11.6 Å². The smallest absolute Gasteiger partial charge is 0.319 e. The summed E-state index contributed by atoms with van der Waals surface area (Å²) in [5.41, 5.74) is 6.85. The van der Waals surface area contributed by atoms with Gasteiger partial charge in [0.1, 0.15) is 0 Å². The first-order valence-corrected chi connectivity index (χ1v) is 9.26. The monoisotopic (exact) mass is 431 g/mol. The minimum atomic E-state index is -0.550. The van der Waals surface area contributed by atoms with E-state index in [1.807, 2.05) is 0 Å². The van der Waals surface area contributed by atoms with Crippen LogP contribution in [0.2, 0.25) is 5.02 Å². The summed E-state index contributed by atoms with van der Waals surface area (Å²) in [6, 6.07) is 10.5. The maximum Gasteiger partial charge on any atom is 0.319 e. The average Bonchev–Trinajstić information content (AvgIpc) is 2.70. The number of hydrogen-bond donors (Lipinski definition) is 4. The predicted octanol–water partition coefficient (Wildman–Crippen LogP) is 1.58. The van der Waals surface area contributed by atoms with E-state index >= 15 is 0 Å². The molecule has 0 bridgehead atoms. The summed E-state index contributed by atoms with van der Waals surface area (Å²) in [6.07, 6.45) is 0. The molecular formula is C20H22ClN5O4. The molecule has 9 nitrogen and oxygen atoms in total. The summed E-state index contributed by atoms with van der Waals surface area (Å²) in [7, 11) is 3.17. The number of urea groups is 1. The molecular weight excluding hydrogens is 410 g/mol. The molecule has 5 amide bonds. The number of nitrogens with one attached hydrogen (secondary N) is 3. The van der Waals surface area contributed by atoms with Crippen LogP contribution in [0, 0.1) is 0 Å². The molecule has 0 saturated heterocycles. The van der Waals surface area contributed by atoms with Gasteiger partial charge in [-0.05, 0) is 35.9 Å². The molecule has 2 aromatic rings. The van der Waals surface area contributed by atoms with Crippen molar-refractivity contribution in [1.82, 2.24) is 15.5 Å². The summed E-state index contributed by atoms with van der Waals surface area (Å²) in [4.78, 5) is 48.4. The van der Waals surface area contributed by atoms with Gasteiger partial charge in [-0.25, -0.2) is 4.79 Å². The second-order valence-corrected chi connectivity index (χ2v) is 6.94. The molecule has 0 saturated carbocycles. The van der Waals surface area contributed by atoms with Gasteiger partial charge in [-0.2, -0.15) is 0 Å². The van der Waals surface area contributed by atoms with Gasteiger partial charge < -0.3 is 26.6 Å². The number of nitrogens with zero attached hydrogens (tertiary/aromatic N) is 1. The first kappa shape index (κ1) is 22.7. The Balaban J connectivity index is 1.92. The van der Waals surface area contributed by atoms with Gasteiger partial charge in [-0.15, -0.1) is 0 Å². The van der Waals surface area contributed by atoms with Crippen molar-refractivity contribution in [3.8, 4) is 0 Å². The molecule has 0 spiro atoms. The van der Waals surface area contributed by atoms with E-state index in [1.54, 1.807) is 38.4 Å². The Labute approximate surface area is 178 Å². The number of likely N-dealkylation sites (N-methyl/N-ethyl adjacent to an activating group) is 1. The maximum atomic E-state index is 12.2. The number of benzene rings is 2. The van der Waals surface area contributed by atoms with Crippen molar-refractivity contribution < 1.29 is 19.2 Å². The second kappa shape index (κ2) is 10.3. The van der Waals surface area contributed by atoms with Gasteiger partial charge in [0.25, 0.3) is 5.91 Å². The Kier molecular flexibility index (Phi) is 7.76. The van der Waals surface area contributed by atoms with E-state index in [0.29, 0.717) is 16.8 Å². The number of rotatable bonds is 7. The third kappa shape index (κ3) is 6.49. The van der Waals surface area contributed by atoms with Crippen LogP contribution in [-0.2, 0) is 11.3 Å². The lowest BCUT2D eigenvalue weighted by molar-refractivity contribution is -0.127. The molecule has 0 aliphatic rings. The number of carbonyl (C=O) groups excluding carboxylic acids is 4. The fourth-order valence-corrected chi connectivity index (χ4v) is 2.64.